The van der Waals surface area contributed by atoms with Gasteiger partial charge in [-0.2, -0.15) is 0 Å². The molecular formula is C8H5BBrClN2. The lowest BCUT2D eigenvalue weighted by Gasteiger charge is -1.99. The van der Waals surface area contributed by atoms with E-state index in [4.69, 9.17) is 19.6 Å². The molecule has 0 aliphatic rings. The van der Waals surface area contributed by atoms with Crippen LogP contribution in [0.1, 0.15) is 5.56 Å². The number of nitrogens with zero attached hydrogens (tertiary/aromatic N) is 2. The maximum absolute atomic E-state index is 6.09. The predicted octanol–water partition coefficient (Wildman–Crippen LogP) is 2.69. The molecule has 2 rings (SSSR count). The van der Waals surface area contributed by atoms with E-state index in [2.05, 4.69) is 20.9 Å². The second-order valence-corrected chi connectivity index (χ2v) is 4.07. The van der Waals surface area contributed by atoms with Gasteiger partial charge >= 0.3 is 0 Å². The van der Waals surface area contributed by atoms with Gasteiger partial charge in [0.2, 0.25) is 7.98 Å². The fraction of sp³-hybridized carbons (Fsp3) is 0.125. The van der Waals surface area contributed by atoms with Crippen molar-refractivity contribution in [2.24, 2.45) is 0 Å². The fourth-order valence-electron chi connectivity index (χ4n) is 1.34. The molecule has 2 radical (unpaired) electrons. The summed E-state index contributed by atoms with van der Waals surface area (Å²) in [5.41, 5.74) is 1.72. The number of fused-ring (bicyclic) bond motifs is 1. The molecule has 0 saturated heterocycles. The molecule has 0 aliphatic carbocycles. The third-order valence-corrected chi connectivity index (χ3v) is 3.15. The van der Waals surface area contributed by atoms with Crippen LogP contribution in [0, 0.1) is 6.92 Å². The van der Waals surface area contributed by atoms with Crippen molar-refractivity contribution in [1.29, 1.82) is 0 Å². The predicted molar refractivity (Wildman–Crippen MR) is 58.3 cm³/mol. The molecule has 0 aromatic carbocycles. The van der Waals surface area contributed by atoms with Crippen LogP contribution in [0.3, 0.4) is 0 Å². The number of aryl methyl sites for hydroxylation is 1. The molecule has 2 nitrogen and oxygen atoms in total. The van der Waals surface area contributed by atoms with E-state index in [1.165, 1.54) is 4.48 Å². The van der Waals surface area contributed by atoms with Gasteiger partial charge in [-0.1, -0.05) is 11.6 Å². The first kappa shape index (κ1) is 9.09. The van der Waals surface area contributed by atoms with Crippen molar-refractivity contribution in [3.05, 3.63) is 27.5 Å². The van der Waals surface area contributed by atoms with Crippen LogP contribution >= 0.6 is 27.5 Å². The topological polar surface area (TPSA) is 17.8 Å². The van der Waals surface area contributed by atoms with Crippen LogP contribution in [0.2, 0.25) is 5.02 Å². The molecule has 0 unspecified atom stereocenters. The molecule has 2 heterocycles. The average Bonchev–Trinajstić information content (AvgIpc) is 2.35. The quantitative estimate of drug-likeness (QED) is 0.662. The number of hydrogen-bond acceptors (Lipinski definition) is 1. The largest absolute Gasteiger partial charge is 0.388 e. The minimum atomic E-state index is 0.659. The van der Waals surface area contributed by atoms with Gasteiger partial charge in [0.05, 0.1) is 9.50 Å². The Balaban J connectivity index is 2.98. The van der Waals surface area contributed by atoms with Gasteiger partial charge in [0.15, 0.2) is 0 Å². The van der Waals surface area contributed by atoms with Crippen molar-refractivity contribution in [2.75, 3.05) is 0 Å². The van der Waals surface area contributed by atoms with Crippen molar-refractivity contribution >= 4 is 46.5 Å². The SMILES string of the molecule is [B]n1cc(C)c2c(Cl)c(Br)cnc21. The lowest BCUT2D eigenvalue weighted by molar-refractivity contribution is 1.23. The Morgan fingerprint density at radius 1 is 1.62 bits per heavy atom. The van der Waals surface area contributed by atoms with E-state index in [0.29, 0.717) is 10.7 Å². The van der Waals surface area contributed by atoms with Crippen molar-refractivity contribution < 1.29 is 0 Å². The first-order valence-corrected chi connectivity index (χ1v) is 4.85. The zero-order valence-corrected chi connectivity index (χ0v) is 9.22. The summed E-state index contributed by atoms with van der Waals surface area (Å²) in [5.74, 6) is 0. The molecule has 64 valence electrons. The van der Waals surface area contributed by atoms with Gasteiger partial charge in [-0.25, -0.2) is 4.98 Å². The summed E-state index contributed by atoms with van der Waals surface area (Å²) in [7, 11) is 5.68. The number of hydrogen-bond donors (Lipinski definition) is 0. The second kappa shape index (κ2) is 3.03. The Morgan fingerprint density at radius 3 is 3.00 bits per heavy atom. The Hall–Kier alpha value is -0.475. The molecule has 0 spiro atoms. The smallest absolute Gasteiger partial charge is 0.236 e. The van der Waals surface area contributed by atoms with Gasteiger partial charge in [-0.15, -0.1) is 0 Å². The summed E-state index contributed by atoms with van der Waals surface area (Å²) >= 11 is 9.40. The maximum atomic E-state index is 6.09. The average molecular weight is 255 g/mol. The van der Waals surface area contributed by atoms with Crippen LogP contribution in [0.15, 0.2) is 16.9 Å². The lowest BCUT2D eigenvalue weighted by Crippen LogP contribution is -1.90. The van der Waals surface area contributed by atoms with E-state index < -0.39 is 0 Å². The van der Waals surface area contributed by atoms with Crippen LogP contribution in [-0.2, 0) is 0 Å². The molecule has 0 fully saturated rings. The summed E-state index contributed by atoms with van der Waals surface area (Å²) in [6.07, 6.45) is 3.45. The maximum Gasteiger partial charge on any atom is 0.236 e. The molecule has 0 bridgehead atoms. The highest BCUT2D eigenvalue weighted by Gasteiger charge is 2.10. The molecule has 5 heteroatoms. The number of pyridine rings is 1. The van der Waals surface area contributed by atoms with Crippen LogP contribution < -0.4 is 0 Å². The number of aromatic nitrogens is 2. The molecule has 0 N–H and O–H groups in total. The summed E-state index contributed by atoms with van der Waals surface area (Å²) in [5, 5.41) is 1.56. The second-order valence-electron chi connectivity index (χ2n) is 2.84. The first-order valence-electron chi connectivity index (χ1n) is 3.68. The minimum absolute atomic E-state index is 0.659. The number of halogens is 2. The van der Waals surface area contributed by atoms with E-state index in [1.54, 1.807) is 12.4 Å². The molecule has 2 aromatic heterocycles. The molecule has 13 heavy (non-hydrogen) atoms. The van der Waals surface area contributed by atoms with E-state index in [-0.39, 0.29) is 0 Å². The summed E-state index contributed by atoms with van der Waals surface area (Å²) < 4.78 is 2.26. The zero-order chi connectivity index (χ0) is 9.59. The van der Waals surface area contributed by atoms with Crippen molar-refractivity contribution in [1.82, 2.24) is 9.46 Å². The normalized spacial score (nSPS) is 11.0. The third kappa shape index (κ3) is 1.29. The first-order chi connectivity index (χ1) is 6.11. The monoisotopic (exact) mass is 254 g/mol. The van der Waals surface area contributed by atoms with Gasteiger partial charge in [-0.3, -0.25) is 0 Å². The fourth-order valence-corrected chi connectivity index (χ4v) is 1.92. The van der Waals surface area contributed by atoms with Crippen LogP contribution in [0.25, 0.3) is 11.0 Å². The van der Waals surface area contributed by atoms with E-state index in [0.717, 1.165) is 15.4 Å². The minimum Gasteiger partial charge on any atom is -0.388 e. The molecular weight excluding hydrogens is 250 g/mol. The standard InChI is InChI=1S/C8H5BBrClN2/c1-4-3-13(9)8-6(4)7(11)5(10)2-12-8/h2-3H,1H3. The Morgan fingerprint density at radius 2 is 2.31 bits per heavy atom. The Labute approximate surface area is 90.5 Å². The van der Waals surface area contributed by atoms with E-state index in [1.807, 2.05) is 6.92 Å². The summed E-state index contributed by atoms with van der Waals surface area (Å²) in [4.78, 5) is 4.17. The van der Waals surface area contributed by atoms with Crippen LogP contribution in [-0.4, -0.2) is 17.4 Å². The molecule has 0 amide bonds. The Kier molecular flexibility index (Phi) is 2.12. The van der Waals surface area contributed by atoms with Gasteiger partial charge < -0.3 is 4.48 Å². The van der Waals surface area contributed by atoms with Crippen molar-refractivity contribution in [2.45, 2.75) is 6.92 Å². The number of rotatable bonds is 0. The van der Waals surface area contributed by atoms with Gasteiger partial charge in [0.1, 0.15) is 5.65 Å². The van der Waals surface area contributed by atoms with Crippen LogP contribution in [0.5, 0.6) is 0 Å². The summed E-state index contributed by atoms with van der Waals surface area (Å²) in [6.45, 7) is 1.95. The summed E-state index contributed by atoms with van der Waals surface area (Å²) in [6, 6.07) is 0. The molecule has 2 aromatic rings. The van der Waals surface area contributed by atoms with Crippen molar-refractivity contribution in [3.63, 3.8) is 0 Å². The van der Waals surface area contributed by atoms with Gasteiger partial charge in [0.25, 0.3) is 0 Å². The van der Waals surface area contributed by atoms with Crippen LogP contribution in [0.4, 0.5) is 0 Å². The third-order valence-electron chi connectivity index (χ3n) is 1.92. The van der Waals surface area contributed by atoms with Gasteiger partial charge in [-0.05, 0) is 34.6 Å². The highest BCUT2D eigenvalue weighted by atomic mass is 79.9. The highest BCUT2D eigenvalue weighted by molar-refractivity contribution is 9.10. The molecule has 0 aliphatic heterocycles. The lowest BCUT2D eigenvalue weighted by atomic mass is 10.2. The Bertz CT molecular complexity index is 480. The van der Waals surface area contributed by atoms with E-state index >= 15 is 0 Å². The zero-order valence-electron chi connectivity index (χ0n) is 6.88. The van der Waals surface area contributed by atoms with Gasteiger partial charge in [0, 0.05) is 11.6 Å². The van der Waals surface area contributed by atoms with E-state index in [9.17, 15) is 0 Å². The molecule has 0 atom stereocenters. The van der Waals surface area contributed by atoms with Crippen molar-refractivity contribution in [3.8, 4) is 0 Å². The highest BCUT2D eigenvalue weighted by Crippen LogP contribution is 2.31. The molecule has 0 saturated carbocycles.